The van der Waals surface area contributed by atoms with Crippen molar-refractivity contribution in [2.24, 2.45) is 0 Å². The number of carbonyl (C=O) groups is 1. The second-order valence-corrected chi connectivity index (χ2v) is 8.87. The van der Waals surface area contributed by atoms with Crippen molar-refractivity contribution in [3.8, 4) is 16.9 Å². The van der Waals surface area contributed by atoms with E-state index in [-0.39, 0.29) is 28.3 Å². The summed E-state index contributed by atoms with van der Waals surface area (Å²) in [5.41, 5.74) is 0.157. The summed E-state index contributed by atoms with van der Waals surface area (Å²) < 4.78 is 36.3. The highest BCUT2D eigenvalue weighted by Gasteiger charge is 2.25. The van der Waals surface area contributed by atoms with E-state index in [0.29, 0.717) is 62.1 Å². The lowest BCUT2D eigenvalue weighted by atomic mass is 10.0. The predicted molar refractivity (Wildman–Crippen MR) is 145 cm³/mol. The quantitative estimate of drug-likeness (QED) is 0.343. The number of anilines is 2. The van der Waals surface area contributed by atoms with E-state index >= 15 is 4.39 Å². The molecule has 1 amide bonds. The SMILES string of the molecule is C=CC(=O)N1CCN(c2nc(CCNc3ncccn3)nc3c(F)c(-c4c(F)cccc4OC)ccc23)CC1. The Labute approximate surface area is 224 Å². The van der Waals surface area contributed by atoms with Gasteiger partial charge in [0.05, 0.1) is 12.7 Å². The number of nitrogens with one attached hydrogen (secondary N) is 1. The fourth-order valence-electron chi connectivity index (χ4n) is 4.62. The molecule has 0 saturated carbocycles. The first-order valence-electron chi connectivity index (χ1n) is 12.5. The summed E-state index contributed by atoms with van der Waals surface area (Å²) in [7, 11) is 1.41. The molecule has 0 atom stereocenters. The number of halogens is 2. The summed E-state index contributed by atoms with van der Waals surface area (Å²) in [5, 5.41) is 3.61. The van der Waals surface area contributed by atoms with Gasteiger partial charge in [-0.3, -0.25) is 4.79 Å². The Bertz CT molecular complexity index is 1510. The lowest BCUT2D eigenvalue weighted by molar-refractivity contribution is -0.126. The van der Waals surface area contributed by atoms with Gasteiger partial charge in [-0.2, -0.15) is 0 Å². The maximum Gasteiger partial charge on any atom is 0.246 e. The molecule has 4 aromatic rings. The first-order valence-corrected chi connectivity index (χ1v) is 12.5. The number of amides is 1. The highest BCUT2D eigenvalue weighted by atomic mass is 19.1. The summed E-state index contributed by atoms with van der Waals surface area (Å²) in [6.07, 6.45) is 4.92. The summed E-state index contributed by atoms with van der Waals surface area (Å²) >= 11 is 0. The molecule has 1 fully saturated rings. The molecule has 9 nitrogen and oxygen atoms in total. The number of piperazine rings is 1. The van der Waals surface area contributed by atoms with Crippen molar-refractivity contribution < 1.29 is 18.3 Å². The second-order valence-electron chi connectivity index (χ2n) is 8.87. The van der Waals surface area contributed by atoms with Crippen molar-refractivity contribution in [2.45, 2.75) is 6.42 Å². The van der Waals surface area contributed by atoms with E-state index in [9.17, 15) is 9.18 Å². The van der Waals surface area contributed by atoms with Crippen LogP contribution in [0.1, 0.15) is 5.82 Å². The van der Waals surface area contributed by atoms with Gasteiger partial charge in [-0.05, 0) is 30.3 Å². The van der Waals surface area contributed by atoms with E-state index in [0.717, 1.165) is 0 Å². The Balaban J connectivity index is 1.55. The second kappa shape index (κ2) is 11.4. The van der Waals surface area contributed by atoms with Crippen molar-refractivity contribution in [3.63, 3.8) is 0 Å². The number of aromatic nitrogens is 4. The molecule has 1 aliphatic heterocycles. The van der Waals surface area contributed by atoms with Crippen LogP contribution >= 0.6 is 0 Å². The monoisotopic (exact) mass is 531 g/mol. The molecule has 3 heterocycles. The third-order valence-corrected chi connectivity index (χ3v) is 6.56. The van der Waals surface area contributed by atoms with Crippen molar-refractivity contribution in [3.05, 3.63) is 78.9 Å². The average molecular weight is 532 g/mol. The minimum Gasteiger partial charge on any atom is -0.496 e. The van der Waals surface area contributed by atoms with Crippen molar-refractivity contribution in [1.29, 1.82) is 0 Å². The fraction of sp³-hybridized carbons (Fsp3) is 0.250. The molecular formula is C28H27F2N7O2. The third-order valence-electron chi connectivity index (χ3n) is 6.56. The highest BCUT2D eigenvalue weighted by molar-refractivity contribution is 5.94. The molecule has 2 aromatic carbocycles. The van der Waals surface area contributed by atoms with Crippen LogP contribution < -0.4 is 15.0 Å². The molecule has 0 bridgehead atoms. The molecule has 0 spiro atoms. The minimum absolute atomic E-state index is 0.0283. The van der Waals surface area contributed by atoms with Crippen LogP contribution in [0.15, 0.2) is 61.4 Å². The van der Waals surface area contributed by atoms with Gasteiger partial charge in [0.15, 0.2) is 5.82 Å². The van der Waals surface area contributed by atoms with Crippen molar-refractivity contribution >= 4 is 28.6 Å². The zero-order chi connectivity index (χ0) is 27.4. The maximum absolute atomic E-state index is 16.1. The molecule has 0 aliphatic carbocycles. The number of rotatable bonds is 8. The van der Waals surface area contributed by atoms with Crippen LogP contribution in [-0.4, -0.2) is 70.6 Å². The normalized spacial score (nSPS) is 13.4. The van der Waals surface area contributed by atoms with Crippen LogP contribution in [0.4, 0.5) is 20.5 Å². The largest absolute Gasteiger partial charge is 0.496 e. The topological polar surface area (TPSA) is 96.4 Å². The van der Waals surface area contributed by atoms with Crippen LogP contribution in [-0.2, 0) is 11.2 Å². The van der Waals surface area contributed by atoms with Gasteiger partial charge in [-0.15, -0.1) is 0 Å². The smallest absolute Gasteiger partial charge is 0.246 e. The van der Waals surface area contributed by atoms with E-state index in [4.69, 9.17) is 9.72 Å². The van der Waals surface area contributed by atoms with Crippen LogP contribution in [0.25, 0.3) is 22.0 Å². The number of fused-ring (bicyclic) bond motifs is 1. The maximum atomic E-state index is 16.1. The van der Waals surface area contributed by atoms with E-state index in [1.165, 1.54) is 31.4 Å². The minimum atomic E-state index is -0.666. The third kappa shape index (κ3) is 5.33. The number of hydrogen-bond acceptors (Lipinski definition) is 8. The van der Waals surface area contributed by atoms with Gasteiger partial charge in [0.1, 0.15) is 28.7 Å². The lowest BCUT2D eigenvalue weighted by Crippen LogP contribution is -2.48. The number of ether oxygens (including phenoxy) is 1. The van der Waals surface area contributed by atoms with Crippen molar-refractivity contribution in [1.82, 2.24) is 24.8 Å². The summed E-state index contributed by atoms with van der Waals surface area (Å²) in [4.78, 5) is 33.4. The van der Waals surface area contributed by atoms with E-state index in [2.05, 4.69) is 26.8 Å². The Kier molecular flexibility index (Phi) is 7.57. The summed E-state index contributed by atoms with van der Waals surface area (Å²) in [6, 6.07) is 9.30. The average Bonchev–Trinajstić information content (AvgIpc) is 2.97. The molecule has 5 rings (SSSR count). The lowest BCUT2D eigenvalue weighted by Gasteiger charge is -2.35. The number of benzene rings is 2. The molecule has 11 heteroatoms. The molecule has 200 valence electrons. The first kappa shape index (κ1) is 26.0. The molecule has 1 aliphatic rings. The van der Waals surface area contributed by atoms with Gasteiger partial charge in [-0.25, -0.2) is 28.7 Å². The van der Waals surface area contributed by atoms with Crippen molar-refractivity contribution in [2.75, 3.05) is 50.1 Å². The summed E-state index contributed by atoms with van der Waals surface area (Å²) in [6.45, 7) is 5.94. The van der Waals surface area contributed by atoms with Crippen LogP contribution in [0, 0.1) is 11.6 Å². The van der Waals surface area contributed by atoms with E-state index in [1.807, 2.05) is 4.90 Å². The molecule has 39 heavy (non-hydrogen) atoms. The molecular weight excluding hydrogens is 504 g/mol. The van der Waals surface area contributed by atoms with Gasteiger partial charge >= 0.3 is 0 Å². The Hall–Kier alpha value is -4.67. The molecule has 0 unspecified atom stereocenters. The van der Waals surface area contributed by atoms with Gasteiger partial charge in [0.25, 0.3) is 0 Å². The standard InChI is InChI=1S/C28H27F2N7O2/c1-3-23(38)36-14-16-37(17-15-36)27-19-9-8-18(24-20(29)6-4-7-21(24)39-2)25(30)26(19)34-22(35-27)10-13-33-28-31-11-5-12-32-28/h3-9,11-12H,1,10,13-17H2,2H3,(H,31,32,33). The summed E-state index contributed by atoms with van der Waals surface area (Å²) in [5.74, 6) is 0.244. The fourth-order valence-corrected chi connectivity index (χ4v) is 4.62. The van der Waals surface area contributed by atoms with Gasteiger partial charge < -0.3 is 19.9 Å². The Morgan fingerprint density at radius 3 is 2.56 bits per heavy atom. The predicted octanol–water partition coefficient (Wildman–Crippen LogP) is 3.86. The van der Waals surface area contributed by atoms with Crippen LogP contribution in [0.2, 0.25) is 0 Å². The zero-order valence-corrected chi connectivity index (χ0v) is 21.4. The molecule has 1 N–H and O–H groups in total. The molecule has 2 aromatic heterocycles. The van der Waals surface area contributed by atoms with E-state index in [1.54, 1.807) is 35.5 Å². The highest BCUT2D eigenvalue weighted by Crippen LogP contribution is 2.38. The number of hydrogen-bond donors (Lipinski definition) is 1. The van der Waals surface area contributed by atoms with Gasteiger partial charge in [0, 0.05) is 62.5 Å². The number of carbonyl (C=O) groups excluding carboxylic acids is 1. The number of nitrogens with zero attached hydrogens (tertiary/aromatic N) is 6. The molecule has 1 saturated heterocycles. The van der Waals surface area contributed by atoms with Gasteiger partial charge in [0.2, 0.25) is 11.9 Å². The van der Waals surface area contributed by atoms with Crippen LogP contribution in [0.5, 0.6) is 5.75 Å². The molecule has 0 radical (unpaired) electrons. The van der Waals surface area contributed by atoms with E-state index < -0.39 is 11.6 Å². The van der Waals surface area contributed by atoms with Crippen LogP contribution in [0.3, 0.4) is 0 Å². The number of methoxy groups -OCH3 is 1. The Morgan fingerprint density at radius 1 is 1.08 bits per heavy atom. The zero-order valence-electron chi connectivity index (χ0n) is 21.4. The first-order chi connectivity index (χ1) is 19.0. The van der Waals surface area contributed by atoms with Gasteiger partial charge in [-0.1, -0.05) is 18.7 Å². The Morgan fingerprint density at radius 2 is 1.85 bits per heavy atom.